The van der Waals surface area contributed by atoms with Crippen molar-refractivity contribution in [2.45, 2.75) is 31.4 Å². The van der Waals surface area contributed by atoms with Crippen LogP contribution in [-0.4, -0.2) is 64.4 Å². The van der Waals surface area contributed by atoms with Crippen LogP contribution in [0.5, 0.6) is 5.88 Å². The molecule has 3 aromatic rings. The molecule has 1 aliphatic rings. The largest absolute Gasteiger partial charge is 0.473 e. The fraction of sp³-hybridized carbons (Fsp3) is 0.276. The molecule has 0 aliphatic carbocycles. The third-order valence-electron chi connectivity index (χ3n) is 6.33. The van der Waals surface area contributed by atoms with Crippen LogP contribution in [0.1, 0.15) is 24.1 Å². The molecule has 0 unspecified atom stereocenters. The van der Waals surface area contributed by atoms with Crippen molar-refractivity contribution in [1.82, 2.24) is 25.5 Å². The summed E-state index contributed by atoms with van der Waals surface area (Å²) in [6, 6.07) is 12.9. The first-order chi connectivity index (χ1) is 19.8. The molecule has 0 radical (unpaired) electrons. The molecule has 0 saturated carbocycles. The minimum Gasteiger partial charge on any atom is -0.473 e. The second-order valence-corrected chi connectivity index (χ2v) is 10.6. The first kappa shape index (κ1) is 30.3. The summed E-state index contributed by atoms with van der Waals surface area (Å²) in [6.07, 6.45) is 7.20. The van der Waals surface area contributed by atoms with Gasteiger partial charge in [-0.25, -0.2) is 4.98 Å². The fourth-order valence-electron chi connectivity index (χ4n) is 4.17. The third-order valence-corrected chi connectivity index (χ3v) is 7.06. The van der Waals surface area contributed by atoms with E-state index in [1.54, 1.807) is 65.7 Å². The van der Waals surface area contributed by atoms with Crippen molar-refractivity contribution in [2.75, 3.05) is 19.6 Å². The van der Waals surface area contributed by atoms with Gasteiger partial charge in [0.05, 0.1) is 11.6 Å². The summed E-state index contributed by atoms with van der Waals surface area (Å²) in [7, 11) is 0. The summed E-state index contributed by atoms with van der Waals surface area (Å²) < 4.78 is 5.88. The Morgan fingerprint density at radius 2 is 1.78 bits per heavy atom. The van der Waals surface area contributed by atoms with Crippen molar-refractivity contribution in [3.05, 3.63) is 93.3 Å². The van der Waals surface area contributed by atoms with Crippen LogP contribution >= 0.6 is 34.8 Å². The molecular weight excluding hydrogens is 589 g/mol. The van der Waals surface area contributed by atoms with Gasteiger partial charge in [-0.15, -0.1) is 0 Å². The zero-order valence-electron chi connectivity index (χ0n) is 21.9. The van der Waals surface area contributed by atoms with Crippen LogP contribution in [0.4, 0.5) is 0 Å². The number of amides is 3. The summed E-state index contributed by atoms with van der Waals surface area (Å²) in [5.74, 6) is -0.874. The van der Waals surface area contributed by atoms with E-state index in [-0.39, 0.29) is 25.0 Å². The number of hydrogen-bond acceptors (Lipinski definition) is 6. The Hall–Kier alpha value is -3.66. The first-order valence-electron chi connectivity index (χ1n) is 12.9. The number of ether oxygens (including phenoxy) is 1. The number of likely N-dealkylation sites (tertiary alicyclic amines) is 1. The minimum atomic E-state index is -0.934. The SMILES string of the molecule is O=C(C=Cc1ccc(Cl)cc1)N[C@@H](Cc1ccccn1)C(=O)NCC(=O)N1CCC(Oc2ncc(Cl)cc2Cl)CC1. The Labute approximate surface area is 252 Å². The molecule has 1 saturated heterocycles. The number of halogens is 3. The van der Waals surface area contributed by atoms with Crippen molar-refractivity contribution in [3.63, 3.8) is 0 Å². The van der Waals surface area contributed by atoms with Gasteiger partial charge in [0.1, 0.15) is 17.2 Å². The van der Waals surface area contributed by atoms with E-state index in [4.69, 9.17) is 39.5 Å². The molecule has 1 atom stereocenters. The average Bonchev–Trinajstić information content (AvgIpc) is 2.97. The molecule has 12 heteroatoms. The van der Waals surface area contributed by atoms with E-state index in [2.05, 4.69) is 20.6 Å². The lowest BCUT2D eigenvalue weighted by Gasteiger charge is -2.32. The van der Waals surface area contributed by atoms with Gasteiger partial charge < -0.3 is 20.3 Å². The van der Waals surface area contributed by atoms with Crippen LogP contribution in [0.3, 0.4) is 0 Å². The summed E-state index contributed by atoms with van der Waals surface area (Å²) in [4.78, 5) is 48.6. The van der Waals surface area contributed by atoms with Crippen LogP contribution in [0.25, 0.3) is 6.08 Å². The van der Waals surface area contributed by atoms with Gasteiger partial charge in [0, 0.05) is 61.5 Å². The Morgan fingerprint density at radius 1 is 1.02 bits per heavy atom. The van der Waals surface area contributed by atoms with Gasteiger partial charge in [-0.3, -0.25) is 19.4 Å². The molecule has 41 heavy (non-hydrogen) atoms. The van der Waals surface area contributed by atoms with Crippen LogP contribution in [0, 0.1) is 0 Å². The van der Waals surface area contributed by atoms with Gasteiger partial charge >= 0.3 is 0 Å². The predicted molar refractivity (Wildman–Crippen MR) is 158 cm³/mol. The molecule has 9 nitrogen and oxygen atoms in total. The standard InChI is InChI=1S/C29H28Cl3N5O4/c30-20-7-4-19(5-8-20)6-9-26(38)36-25(16-22-3-1-2-12-33-22)28(40)34-18-27(39)37-13-10-23(11-14-37)41-29-24(32)15-21(31)17-35-29/h1-9,12,15,17,23,25H,10-11,13-14,16,18H2,(H,34,40)(H,36,38)/t25-/m0/s1. The van der Waals surface area contributed by atoms with E-state index in [1.807, 2.05) is 0 Å². The molecule has 2 N–H and O–H groups in total. The Morgan fingerprint density at radius 3 is 2.46 bits per heavy atom. The maximum atomic E-state index is 13.1. The predicted octanol–water partition coefficient (Wildman–Crippen LogP) is 4.36. The van der Waals surface area contributed by atoms with Crippen molar-refractivity contribution in [2.24, 2.45) is 0 Å². The van der Waals surface area contributed by atoms with E-state index in [1.165, 1.54) is 12.3 Å². The lowest BCUT2D eigenvalue weighted by atomic mass is 10.1. The normalized spacial score (nSPS) is 14.5. The lowest BCUT2D eigenvalue weighted by Crippen LogP contribution is -2.51. The van der Waals surface area contributed by atoms with Gasteiger partial charge in [0.2, 0.25) is 23.6 Å². The van der Waals surface area contributed by atoms with Crippen LogP contribution in [-0.2, 0) is 20.8 Å². The highest BCUT2D eigenvalue weighted by Crippen LogP contribution is 2.27. The quantitative estimate of drug-likeness (QED) is 0.327. The number of pyridine rings is 2. The summed E-state index contributed by atoms with van der Waals surface area (Å²) in [6.45, 7) is 0.701. The molecule has 1 aliphatic heterocycles. The topological polar surface area (TPSA) is 114 Å². The van der Waals surface area contributed by atoms with E-state index in [9.17, 15) is 14.4 Å². The molecule has 3 amide bonds. The van der Waals surface area contributed by atoms with Crippen molar-refractivity contribution >= 4 is 58.6 Å². The number of rotatable bonds is 10. The third kappa shape index (κ3) is 9.45. The second kappa shape index (κ2) is 14.8. The van der Waals surface area contributed by atoms with Crippen LogP contribution in [0.2, 0.25) is 15.1 Å². The van der Waals surface area contributed by atoms with E-state index >= 15 is 0 Å². The van der Waals surface area contributed by atoms with Crippen molar-refractivity contribution in [1.29, 1.82) is 0 Å². The van der Waals surface area contributed by atoms with Gasteiger partial charge in [-0.1, -0.05) is 53.0 Å². The number of hydrogen-bond donors (Lipinski definition) is 2. The number of aromatic nitrogens is 2. The maximum absolute atomic E-state index is 13.1. The average molecular weight is 617 g/mol. The summed E-state index contributed by atoms with van der Waals surface area (Å²) in [5, 5.41) is 6.72. The smallest absolute Gasteiger partial charge is 0.244 e. The molecule has 4 rings (SSSR count). The lowest BCUT2D eigenvalue weighted by molar-refractivity contribution is -0.135. The number of carbonyl (C=O) groups excluding carboxylic acids is 3. The van der Waals surface area contributed by atoms with Gasteiger partial charge in [-0.05, 0) is 42.0 Å². The number of nitrogens with one attached hydrogen (secondary N) is 2. The number of carbonyl (C=O) groups is 3. The molecule has 2 aromatic heterocycles. The molecule has 1 aromatic carbocycles. The monoisotopic (exact) mass is 615 g/mol. The van der Waals surface area contributed by atoms with E-state index in [0.29, 0.717) is 52.6 Å². The van der Waals surface area contributed by atoms with E-state index < -0.39 is 17.9 Å². The zero-order valence-corrected chi connectivity index (χ0v) is 24.2. The Kier molecular flexibility index (Phi) is 11.0. The van der Waals surface area contributed by atoms with Crippen molar-refractivity contribution in [3.8, 4) is 5.88 Å². The molecule has 0 bridgehead atoms. The maximum Gasteiger partial charge on any atom is 0.244 e. The fourth-order valence-corrected chi connectivity index (χ4v) is 4.72. The number of benzene rings is 1. The molecular formula is C29H28Cl3N5O4. The van der Waals surface area contributed by atoms with Gasteiger partial charge in [-0.2, -0.15) is 0 Å². The first-order valence-corrected chi connectivity index (χ1v) is 14.1. The Balaban J connectivity index is 1.29. The molecule has 1 fully saturated rings. The number of piperidine rings is 1. The van der Waals surface area contributed by atoms with Gasteiger partial charge in [0.25, 0.3) is 0 Å². The zero-order chi connectivity index (χ0) is 29.2. The summed E-state index contributed by atoms with van der Waals surface area (Å²) >= 11 is 17.9. The van der Waals surface area contributed by atoms with Crippen molar-refractivity contribution < 1.29 is 19.1 Å². The molecule has 214 valence electrons. The van der Waals surface area contributed by atoms with Crippen LogP contribution < -0.4 is 15.4 Å². The Bertz CT molecular complexity index is 1380. The highest BCUT2D eigenvalue weighted by atomic mass is 35.5. The minimum absolute atomic E-state index is 0.154. The number of nitrogens with zero attached hydrogens (tertiary/aromatic N) is 3. The molecule has 0 spiro atoms. The van der Waals surface area contributed by atoms with Crippen LogP contribution in [0.15, 0.2) is 67.0 Å². The summed E-state index contributed by atoms with van der Waals surface area (Å²) in [5.41, 5.74) is 1.40. The van der Waals surface area contributed by atoms with Gasteiger partial charge in [0.15, 0.2) is 0 Å². The highest BCUT2D eigenvalue weighted by molar-refractivity contribution is 6.35. The second-order valence-electron chi connectivity index (χ2n) is 9.33. The molecule has 3 heterocycles. The van der Waals surface area contributed by atoms with E-state index in [0.717, 1.165) is 5.56 Å². The highest BCUT2D eigenvalue weighted by Gasteiger charge is 2.26.